The summed E-state index contributed by atoms with van der Waals surface area (Å²) in [4.78, 5) is 30.1. The van der Waals surface area contributed by atoms with Gasteiger partial charge in [-0.25, -0.2) is 0 Å². The van der Waals surface area contributed by atoms with Gasteiger partial charge >= 0.3 is 0 Å². The Morgan fingerprint density at radius 3 is 2.79 bits per heavy atom. The van der Waals surface area contributed by atoms with Crippen LogP contribution in [0.3, 0.4) is 0 Å². The minimum absolute atomic E-state index is 0.0532. The molecule has 3 saturated heterocycles. The normalized spacial score (nSPS) is 29.5. The summed E-state index contributed by atoms with van der Waals surface area (Å²) in [5.74, 6) is 1.07. The summed E-state index contributed by atoms with van der Waals surface area (Å²) in [6.07, 6.45) is 7.94. The summed E-state index contributed by atoms with van der Waals surface area (Å²) in [5, 5.41) is 6.67. The van der Waals surface area contributed by atoms with Gasteiger partial charge in [0.25, 0.3) is 5.91 Å². The van der Waals surface area contributed by atoms with E-state index in [0.717, 1.165) is 32.2 Å². The average Bonchev–Trinajstić information content (AvgIpc) is 3.26. The molecule has 28 heavy (non-hydrogen) atoms. The highest BCUT2D eigenvalue weighted by Crippen LogP contribution is 2.42. The Labute approximate surface area is 164 Å². The third kappa shape index (κ3) is 3.01. The first-order chi connectivity index (χ1) is 13.7. The van der Waals surface area contributed by atoms with Crippen molar-refractivity contribution in [1.29, 1.82) is 0 Å². The molecule has 1 aromatic carbocycles. The SMILES string of the molecule is O=C(c1cn[nH]c1)N1C[C@H]2C[C@@H](C1)[C@H](Cc1ccccc1)N1C(=O)CCC[C@@H]21. The van der Waals surface area contributed by atoms with Crippen molar-refractivity contribution in [3.8, 4) is 0 Å². The Balaban J connectivity index is 1.45. The average molecular weight is 378 g/mol. The molecule has 3 fully saturated rings. The number of amides is 2. The van der Waals surface area contributed by atoms with Gasteiger partial charge in [-0.1, -0.05) is 30.3 Å². The van der Waals surface area contributed by atoms with Crippen molar-refractivity contribution in [3.63, 3.8) is 0 Å². The molecule has 2 aromatic rings. The number of piperidine rings is 3. The fraction of sp³-hybridized carbons (Fsp3) is 0.500. The fourth-order valence-electron chi connectivity index (χ4n) is 5.61. The number of carbonyl (C=O) groups excluding carboxylic acids is 2. The van der Waals surface area contributed by atoms with E-state index in [2.05, 4.69) is 39.4 Å². The van der Waals surface area contributed by atoms with Crippen LogP contribution >= 0.6 is 0 Å². The first kappa shape index (κ1) is 17.5. The van der Waals surface area contributed by atoms with Crippen LogP contribution in [-0.4, -0.2) is 57.0 Å². The van der Waals surface area contributed by atoms with Crippen LogP contribution in [0.25, 0.3) is 0 Å². The first-order valence-electron chi connectivity index (χ1n) is 10.3. The van der Waals surface area contributed by atoms with Crippen molar-refractivity contribution in [2.75, 3.05) is 13.1 Å². The molecule has 5 rings (SSSR count). The highest BCUT2D eigenvalue weighted by molar-refractivity contribution is 5.93. The van der Waals surface area contributed by atoms with E-state index >= 15 is 0 Å². The van der Waals surface area contributed by atoms with Crippen LogP contribution in [0.4, 0.5) is 0 Å². The number of nitrogens with zero attached hydrogens (tertiary/aromatic N) is 3. The highest BCUT2D eigenvalue weighted by atomic mass is 16.2. The van der Waals surface area contributed by atoms with Crippen LogP contribution in [0.5, 0.6) is 0 Å². The number of fused-ring (bicyclic) bond motifs is 4. The van der Waals surface area contributed by atoms with Crippen molar-refractivity contribution in [1.82, 2.24) is 20.0 Å². The number of nitrogens with one attached hydrogen (secondary N) is 1. The van der Waals surface area contributed by atoms with Gasteiger partial charge in [-0.05, 0) is 43.1 Å². The molecule has 0 radical (unpaired) electrons. The molecule has 146 valence electrons. The minimum atomic E-state index is 0.0532. The zero-order valence-electron chi connectivity index (χ0n) is 16.0. The molecule has 0 aliphatic carbocycles. The quantitative estimate of drug-likeness (QED) is 0.892. The van der Waals surface area contributed by atoms with Gasteiger partial charge in [0.05, 0.1) is 11.8 Å². The minimum Gasteiger partial charge on any atom is -0.338 e. The molecule has 1 N–H and O–H groups in total. The molecule has 2 amide bonds. The molecule has 6 nitrogen and oxygen atoms in total. The number of rotatable bonds is 3. The number of hydrogen-bond acceptors (Lipinski definition) is 3. The lowest BCUT2D eigenvalue weighted by atomic mass is 9.70. The molecule has 6 heteroatoms. The van der Waals surface area contributed by atoms with Crippen molar-refractivity contribution < 1.29 is 9.59 Å². The number of aromatic nitrogens is 2. The maximum absolute atomic E-state index is 13.0. The number of likely N-dealkylation sites (tertiary alicyclic amines) is 1. The Bertz CT molecular complexity index is 851. The van der Waals surface area contributed by atoms with Crippen LogP contribution in [0.1, 0.15) is 41.6 Å². The summed E-state index contributed by atoms with van der Waals surface area (Å²) in [5.41, 5.74) is 1.89. The Morgan fingerprint density at radius 1 is 1.18 bits per heavy atom. The lowest BCUT2D eigenvalue weighted by Gasteiger charge is -2.56. The number of hydrogen-bond donors (Lipinski definition) is 1. The Kier molecular flexibility index (Phi) is 4.41. The van der Waals surface area contributed by atoms with E-state index in [9.17, 15) is 9.59 Å². The van der Waals surface area contributed by atoms with Gasteiger partial charge < -0.3 is 9.80 Å². The molecule has 1 aromatic heterocycles. The maximum atomic E-state index is 13.0. The van der Waals surface area contributed by atoms with Gasteiger partial charge in [0.2, 0.25) is 5.91 Å². The van der Waals surface area contributed by atoms with Crippen molar-refractivity contribution in [2.45, 2.75) is 44.2 Å². The topological polar surface area (TPSA) is 69.3 Å². The molecule has 4 atom stereocenters. The predicted molar refractivity (Wildman–Crippen MR) is 105 cm³/mol. The predicted octanol–water partition coefficient (Wildman–Crippen LogP) is 2.49. The van der Waals surface area contributed by atoms with E-state index in [1.807, 2.05) is 11.0 Å². The zero-order chi connectivity index (χ0) is 19.1. The second kappa shape index (κ2) is 7.08. The number of aromatic amines is 1. The molecule has 4 heterocycles. The summed E-state index contributed by atoms with van der Waals surface area (Å²) in [6, 6.07) is 10.9. The van der Waals surface area contributed by atoms with Crippen LogP contribution in [0.15, 0.2) is 42.7 Å². The molecule has 3 aliphatic rings. The van der Waals surface area contributed by atoms with Gasteiger partial charge in [-0.3, -0.25) is 14.7 Å². The molecule has 0 saturated carbocycles. The van der Waals surface area contributed by atoms with Crippen molar-refractivity contribution in [2.24, 2.45) is 11.8 Å². The van der Waals surface area contributed by atoms with E-state index in [1.165, 1.54) is 5.56 Å². The van der Waals surface area contributed by atoms with Crippen LogP contribution < -0.4 is 0 Å². The first-order valence-corrected chi connectivity index (χ1v) is 10.3. The number of benzene rings is 1. The van der Waals surface area contributed by atoms with Gasteiger partial charge in [-0.15, -0.1) is 0 Å². The number of H-pyrrole nitrogens is 1. The van der Waals surface area contributed by atoms with E-state index < -0.39 is 0 Å². The largest absolute Gasteiger partial charge is 0.338 e. The Hall–Kier alpha value is -2.63. The maximum Gasteiger partial charge on any atom is 0.257 e. The molecular formula is C22H26N4O2. The fourth-order valence-corrected chi connectivity index (χ4v) is 5.61. The van der Waals surface area contributed by atoms with Crippen molar-refractivity contribution in [3.05, 3.63) is 53.9 Å². The van der Waals surface area contributed by atoms with Crippen LogP contribution in [0.2, 0.25) is 0 Å². The lowest BCUT2D eigenvalue weighted by Crippen LogP contribution is -2.66. The van der Waals surface area contributed by atoms with Gasteiger partial charge in [0.15, 0.2) is 0 Å². The van der Waals surface area contributed by atoms with Gasteiger partial charge in [-0.2, -0.15) is 5.10 Å². The summed E-state index contributed by atoms with van der Waals surface area (Å²) >= 11 is 0. The monoisotopic (exact) mass is 378 g/mol. The van der Waals surface area contributed by atoms with E-state index in [4.69, 9.17) is 0 Å². The number of carbonyl (C=O) groups is 2. The summed E-state index contributed by atoms with van der Waals surface area (Å²) in [6.45, 7) is 1.46. The van der Waals surface area contributed by atoms with Crippen LogP contribution in [0, 0.1) is 11.8 Å². The van der Waals surface area contributed by atoms with Gasteiger partial charge in [0, 0.05) is 37.8 Å². The Morgan fingerprint density at radius 2 is 2.00 bits per heavy atom. The lowest BCUT2D eigenvalue weighted by molar-refractivity contribution is -0.151. The van der Waals surface area contributed by atoms with Gasteiger partial charge in [0.1, 0.15) is 0 Å². The third-order valence-electron chi connectivity index (χ3n) is 6.82. The summed E-state index contributed by atoms with van der Waals surface area (Å²) < 4.78 is 0. The van der Waals surface area contributed by atoms with E-state index in [1.54, 1.807) is 12.4 Å². The smallest absolute Gasteiger partial charge is 0.257 e. The van der Waals surface area contributed by atoms with Crippen LogP contribution in [-0.2, 0) is 11.2 Å². The summed E-state index contributed by atoms with van der Waals surface area (Å²) in [7, 11) is 0. The van der Waals surface area contributed by atoms with E-state index in [-0.39, 0.29) is 18.0 Å². The van der Waals surface area contributed by atoms with E-state index in [0.29, 0.717) is 36.3 Å². The highest BCUT2D eigenvalue weighted by Gasteiger charge is 2.49. The second-order valence-corrected chi connectivity index (χ2v) is 8.47. The second-order valence-electron chi connectivity index (χ2n) is 8.47. The van der Waals surface area contributed by atoms with Crippen molar-refractivity contribution >= 4 is 11.8 Å². The molecular weight excluding hydrogens is 352 g/mol. The molecule has 0 unspecified atom stereocenters. The molecule has 3 aliphatic heterocycles. The standard InChI is InChI=1S/C22H26N4O2/c27-21-8-4-7-19-16-10-17(14-25(13-16)22(28)18-11-23-24-12-18)20(26(19)21)9-15-5-2-1-3-6-15/h1-3,5-6,11-12,16-17,19-20H,4,7-10,13-14H2,(H,23,24)/t16-,17+,19+,20+/m1/s1. The molecule has 0 spiro atoms. The molecule has 2 bridgehead atoms. The third-order valence-corrected chi connectivity index (χ3v) is 6.82. The zero-order valence-corrected chi connectivity index (χ0v) is 16.0.